The number of nitrogens with zero attached hydrogens (tertiary/aromatic N) is 1. The van der Waals surface area contributed by atoms with Crippen molar-refractivity contribution in [1.29, 1.82) is 0 Å². The summed E-state index contributed by atoms with van der Waals surface area (Å²) in [4.78, 5) is 14.8. The minimum Gasteiger partial charge on any atom is -0.508 e. The second-order valence-corrected chi connectivity index (χ2v) is 6.07. The smallest absolute Gasteiger partial charge is 0.167 e. The summed E-state index contributed by atoms with van der Waals surface area (Å²) in [7, 11) is 3.94. The van der Waals surface area contributed by atoms with Gasteiger partial charge >= 0.3 is 0 Å². The van der Waals surface area contributed by atoms with Crippen molar-refractivity contribution in [2.24, 2.45) is 5.92 Å². The molecule has 0 aliphatic heterocycles. The minimum absolute atomic E-state index is 0. The molecule has 0 aromatic heterocycles. The third-order valence-corrected chi connectivity index (χ3v) is 3.65. The molecule has 0 saturated carbocycles. The Balaban J connectivity index is 0.00000264. The Morgan fingerprint density at radius 3 is 2.43 bits per heavy atom. The molecule has 1 unspecified atom stereocenters. The van der Waals surface area contributed by atoms with Crippen LogP contribution >= 0.6 is 12.4 Å². The van der Waals surface area contributed by atoms with Crippen LogP contribution in [0.25, 0.3) is 0 Å². The molecule has 1 N–H and O–H groups in total. The van der Waals surface area contributed by atoms with Crippen molar-refractivity contribution in [3.63, 3.8) is 0 Å². The number of carbonyl (C=O) groups excluding carboxylic acids is 1. The molecule has 3 nitrogen and oxygen atoms in total. The quantitative estimate of drug-likeness (QED) is 0.819. The first-order valence-electron chi connectivity index (χ1n) is 7.49. The van der Waals surface area contributed by atoms with Gasteiger partial charge < -0.3 is 10.0 Å². The molecule has 0 spiro atoms. The number of benzene rings is 2. The molecule has 1 atom stereocenters. The van der Waals surface area contributed by atoms with E-state index in [4.69, 9.17) is 0 Å². The number of phenolic OH excluding ortho intramolecular Hbond substituents is 1. The summed E-state index contributed by atoms with van der Waals surface area (Å²) in [5.41, 5.74) is 2.94. The zero-order chi connectivity index (χ0) is 16.1. The molecule has 0 aliphatic rings. The lowest BCUT2D eigenvalue weighted by molar-refractivity contribution is 0.0896. The van der Waals surface area contributed by atoms with E-state index in [1.165, 1.54) is 11.1 Å². The van der Waals surface area contributed by atoms with E-state index >= 15 is 0 Å². The van der Waals surface area contributed by atoms with Crippen LogP contribution in [0, 0.1) is 12.8 Å². The van der Waals surface area contributed by atoms with Crippen molar-refractivity contribution < 1.29 is 9.90 Å². The van der Waals surface area contributed by atoms with Crippen LogP contribution in [-0.4, -0.2) is 36.4 Å². The second-order valence-electron chi connectivity index (χ2n) is 6.07. The Hall–Kier alpha value is -1.84. The lowest BCUT2D eigenvalue weighted by Crippen LogP contribution is -2.29. The van der Waals surface area contributed by atoms with Crippen LogP contribution in [0.1, 0.15) is 21.5 Å². The number of carbonyl (C=O) groups is 1. The van der Waals surface area contributed by atoms with Crippen molar-refractivity contribution in [2.75, 3.05) is 20.6 Å². The monoisotopic (exact) mass is 333 g/mol. The standard InChI is InChI=1S/C19H23NO2.ClH/c1-14-6-4-7-15(10-14)11-17(13-20(2)3)19(22)16-8-5-9-18(21)12-16;/h4-10,12,17,21H,11,13H2,1-3H3;1H. The summed E-state index contributed by atoms with van der Waals surface area (Å²) in [6.45, 7) is 2.74. The lowest BCUT2D eigenvalue weighted by Gasteiger charge is -2.20. The minimum atomic E-state index is -0.126. The number of aryl methyl sites for hydroxylation is 1. The number of halogens is 1. The second kappa shape index (κ2) is 8.70. The predicted octanol–water partition coefficient (Wildman–Crippen LogP) is 3.73. The largest absolute Gasteiger partial charge is 0.508 e. The molecule has 0 amide bonds. The molecule has 0 aliphatic carbocycles. The highest BCUT2D eigenvalue weighted by atomic mass is 35.5. The molecule has 124 valence electrons. The van der Waals surface area contributed by atoms with Crippen LogP contribution in [0.5, 0.6) is 5.75 Å². The van der Waals surface area contributed by atoms with Gasteiger partial charge in [0.1, 0.15) is 5.75 Å². The topological polar surface area (TPSA) is 40.5 Å². The molecule has 2 aromatic rings. The number of hydrogen-bond donors (Lipinski definition) is 1. The van der Waals surface area contributed by atoms with Gasteiger partial charge in [0.25, 0.3) is 0 Å². The van der Waals surface area contributed by atoms with Crippen LogP contribution in [0.2, 0.25) is 0 Å². The lowest BCUT2D eigenvalue weighted by atomic mass is 9.90. The number of hydrogen-bond acceptors (Lipinski definition) is 3. The Labute approximate surface area is 144 Å². The van der Waals surface area contributed by atoms with Gasteiger partial charge in [0.2, 0.25) is 0 Å². The summed E-state index contributed by atoms with van der Waals surface area (Å²) < 4.78 is 0. The van der Waals surface area contributed by atoms with Crippen LogP contribution in [0.15, 0.2) is 48.5 Å². The Kier molecular flexibility index (Phi) is 7.27. The summed E-state index contributed by atoms with van der Waals surface area (Å²) in [6, 6.07) is 14.9. The SMILES string of the molecule is Cc1cccc(CC(CN(C)C)C(=O)c2cccc(O)c2)c1.Cl. The van der Waals surface area contributed by atoms with Crippen molar-refractivity contribution in [3.05, 3.63) is 65.2 Å². The molecule has 2 rings (SSSR count). The van der Waals surface area contributed by atoms with Crippen molar-refractivity contribution >= 4 is 18.2 Å². The highest BCUT2D eigenvalue weighted by Crippen LogP contribution is 2.19. The predicted molar refractivity (Wildman–Crippen MR) is 96.6 cm³/mol. The van der Waals surface area contributed by atoms with E-state index in [1.807, 2.05) is 25.1 Å². The van der Waals surface area contributed by atoms with E-state index in [-0.39, 0.29) is 29.9 Å². The van der Waals surface area contributed by atoms with Crippen LogP contribution < -0.4 is 0 Å². The normalized spacial score (nSPS) is 11.8. The zero-order valence-electron chi connectivity index (χ0n) is 13.8. The van der Waals surface area contributed by atoms with Gasteiger partial charge in [-0.15, -0.1) is 12.4 Å². The zero-order valence-corrected chi connectivity index (χ0v) is 14.6. The molecule has 4 heteroatoms. The fourth-order valence-electron chi connectivity index (χ4n) is 2.70. The third kappa shape index (κ3) is 5.70. The summed E-state index contributed by atoms with van der Waals surface area (Å²) >= 11 is 0. The first kappa shape index (κ1) is 19.2. The molecular weight excluding hydrogens is 310 g/mol. The van der Waals surface area contributed by atoms with Gasteiger partial charge in [-0.2, -0.15) is 0 Å². The van der Waals surface area contributed by atoms with E-state index in [2.05, 4.69) is 25.1 Å². The maximum absolute atomic E-state index is 12.8. The Bertz CT molecular complexity index is 655. The third-order valence-electron chi connectivity index (χ3n) is 3.65. The van der Waals surface area contributed by atoms with E-state index in [0.29, 0.717) is 18.5 Å². The number of ketones is 1. The van der Waals surface area contributed by atoms with E-state index in [1.54, 1.807) is 24.3 Å². The fourth-order valence-corrected chi connectivity index (χ4v) is 2.70. The van der Waals surface area contributed by atoms with Crippen LogP contribution in [-0.2, 0) is 6.42 Å². The van der Waals surface area contributed by atoms with Crippen LogP contribution in [0.3, 0.4) is 0 Å². The van der Waals surface area contributed by atoms with Gasteiger partial charge in [-0.05, 0) is 45.1 Å². The van der Waals surface area contributed by atoms with Gasteiger partial charge in [0, 0.05) is 18.0 Å². The van der Waals surface area contributed by atoms with E-state index in [9.17, 15) is 9.90 Å². The molecule has 2 aromatic carbocycles. The van der Waals surface area contributed by atoms with Gasteiger partial charge in [-0.3, -0.25) is 4.79 Å². The molecule has 0 fully saturated rings. The average Bonchev–Trinajstić information content (AvgIpc) is 2.45. The number of phenols is 1. The van der Waals surface area contributed by atoms with Crippen molar-refractivity contribution in [1.82, 2.24) is 4.90 Å². The van der Waals surface area contributed by atoms with E-state index in [0.717, 1.165) is 0 Å². The Morgan fingerprint density at radius 1 is 1.13 bits per heavy atom. The fraction of sp³-hybridized carbons (Fsp3) is 0.316. The molecule has 0 heterocycles. The summed E-state index contributed by atoms with van der Waals surface area (Å²) in [5, 5.41) is 9.59. The maximum Gasteiger partial charge on any atom is 0.167 e. The first-order valence-corrected chi connectivity index (χ1v) is 7.49. The van der Waals surface area contributed by atoms with Gasteiger partial charge in [-0.25, -0.2) is 0 Å². The number of Topliss-reactive ketones (excluding diaryl/α,β-unsaturated/α-hetero) is 1. The van der Waals surface area contributed by atoms with E-state index < -0.39 is 0 Å². The molecule has 0 radical (unpaired) electrons. The number of rotatable bonds is 6. The van der Waals surface area contributed by atoms with Gasteiger partial charge in [-0.1, -0.05) is 42.0 Å². The highest BCUT2D eigenvalue weighted by Gasteiger charge is 2.21. The first-order chi connectivity index (χ1) is 10.5. The van der Waals surface area contributed by atoms with Gasteiger partial charge in [0.05, 0.1) is 0 Å². The molecule has 0 bridgehead atoms. The summed E-state index contributed by atoms with van der Waals surface area (Å²) in [6.07, 6.45) is 0.703. The average molecular weight is 334 g/mol. The summed E-state index contributed by atoms with van der Waals surface area (Å²) in [5.74, 6) is 0.0784. The van der Waals surface area contributed by atoms with Crippen molar-refractivity contribution in [2.45, 2.75) is 13.3 Å². The maximum atomic E-state index is 12.8. The number of aromatic hydroxyl groups is 1. The van der Waals surface area contributed by atoms with Crippen molar-refractivity contribution in [3.8, 4) is 5.75 Å². The highest BCUT2D eigenvalue weighted by molar-refractivity contribution is 5.98. The van der Waals surface area contributed by atoms with Gasteiger partial charge in [0.15, 0.2) is 5.78 Å². The molecule has 23 heavy (non-hydrogen) atoms. The Morgan fingerprint density at radius 2 is 1.83 bits per heavy atom. The molecular formula is C19H24ClNO2. The molecule has 0 saturated heterocycles. The van der Waals surface area contributed by atoms with Crippen LogP contribution in [0.4, 0.5) is 0 Å².